The standard InChI is InChI=1S/C16H24FN3O/c17-15-2-1-13(14(9-15)10-18)11-19-4-3-16(12-19)20-5-7-21-8-6-20/h1-2,9,16H,3-8,10-12,18H2. The van der Waals surface area contributed by atoms with Gasteiger partial charge in [-0.2, -0.15) is 0 Å². The number of likely N-dealkylation sites (tertiary alicyclic amines) is 1. The van der Waals surface area contributed by atoms with Crippen molar-refractivity contribution in [3.63, 3.8) is 0 Å². The Morgan fingerprint density at radius 2 is 2.00 bits per heavy atom. The van der Waals surface area contributed by atoms with Gasteiger partial charge in [-0.05, 0) is 29.7 Å². The molecule has 0 amide bonds. The van der Waals surface area contributed by atoms with Crippen LogP contribution in [0.15, 0.2) is 18.2 Å². The smallest absolute Gasteiger partial charge is 0.123 e. The van der Waals surface area contributed by atoms with Crippen molar-refractivity contribution >= 4 is 0 Å². The van der Waals surface area contributed by atoms with Gasteiger partial charge in [-0.3, -0.25) is 9.80 Å². The molecule has 0 saturated carbocycles. The van der Waals surface area contributed by atoms with Crippen LogP contribution in [0.1, 0.15) is 17.5 Å². The predicted octanol–water partition coefficient (Wildman–Crippen LogP) is 1.19. The van der Waals surface area contributed by atoms with Crippen LogP contribution < -0.4 is 5.73 Å². The number of hydrogen-bond donors (Lipinski definition) is 1. The zero-order chi connectivity index (χ0) is 14.7. The quantitative estimate of drug-likeness (QED) is 0.905. The third kappa shape index (κ3) is 3.61. The fraction of sp³-hybridized carbons (Fsp3) is 0.625. The number of hydrogen-bond acceptors (Lipinski definition) is 4. The van der Waals surface area contributed by atoms with Gasteiger partial charge in [0.1, 0.15) is 5.82 Å². The first kappa shape index (κ1) is 14.9. The van der Waals surface area contributed by atoms with Gasteiger partial charge in [-0.1, -0.05) is 6.07 Å². The Labute approximate surface area is 125 Å². The van der Waals surface area contributed by atoms with E-state index in [1.807, 2.05) is 6.07 Å². The molecule has 0 spiro atoms. The number of benzene rings is 1. The van der Waals surface area contributed by atoms with Crippen molar-refractivity contribution in [2.24, 2.45) is 5.73 Å². The van der Waals surface area contributed by atoms with E-state index in [0.29, 0.717) is 12.6 Å². The predicted molar refractivity (Wildman–Crippen MR) is 80.4 cm³/mol. The van der Waals surface area contributed by atoms with Gasteiger partial charge in [-0.25, -0.2) is 4.39 Å². The van der Waals surface area contributed by atoms with E-state index in [1.165, 1.54) is 12.5 Å². The van der Waals surface area contributed by atoms with E-state index in [9.17, 15) is 4.39 Å². The van der Waals surface area contributed by atoms with E-state index in [4.69, 9.17) is 10.5 Å². The Morgan fingerprint density at radius 3 is 2.76 bits per heavy atom. The molecule has 21 heavy (non-hydrogen) atoms. The lowest BCUT2D eigenvalue weighted by Gasteiger charge is -2.32. The lowest BCUT2D eigenvalue weighted by molar-refractivity contribution is 0.0184. The minimum Gasteiger partial charge on any atom is -0.379 e. The first-order chi connectivity index (χ1) is 10.3. The Morgan fingerprint density at radius 1 is 1.19 bits per heavy atom. The van der Waals surface area contributed by atoms with Gasteiger partial charge < -0.3 is 10.5 Å². The summed E-state index contributed by atoms with van der Waals surface area (Å²) >= 11 is 0. The van der Waals surface area contributed by atoms with Crippen LogP contribution >= 0.6 is 0 Å². The summed E-state index contributed by atoms with van der Waals surface area (Å²) in [6.07, 6.45) is 1.21. The Bertz CT molecular complexity index is 477. The fourth-order valence-corrected chi connectivity index (χ4v) is 3.38. The van der Waals surface area contributed by atoms with E-state index >= 15 is 0 Å². The molecule has 0 aromatic heterocycles. The molecule has 2 aliphatic heterocycles. The number of ether oxygens (including phenoxy) is 1. The minimum atomic E-state index is -0.202. The molecule has 2 heterocycles. The average molecular weight is 293 g/mol. The maximum atomic E-state index is 13.3. The molecule has 3 rings (SSSR count). The third-order valence-electron chi connectivity index (χ3n) is 4.59. The van der Waals surface area contributed by atoms with Gasteiger partial charge in [0.05, 0.1) is 13.2 Å². The number of nitrogens with zero attached hydrogens (tertiary/aromatic N) is 2. The first-order valence-electron chi connectivity index (χ1n) is 7.78. The number of morpholine rings is 1. The van der Waals surface area contributed by atoms with Gasteiger partial charge in [-0.15, -0.1) is 0 Å². The second-order valence-corrected chi connectivity index (χ2v) is 5.94. The molecule has 1 aromatic rings. The highest BCUT2D eigenvalue weighted by Gasteiger charge is 2.28. The van der Waals surface area contributed by atoms with Gasteiger partial charge in [0.2, 0.25) is 0 Å². The van der Waals surface area contributed by atoms with E-state index in [0.717, 1.165) is 57.1 Å². The second kappa shape index (κ2) is 6.83. The van der Waals surface area contributed by atoms with Crippen molar-refractivity contribution < 1.29 is 9.13 Å². The molecule has 2 N–H and O–H groups in total. The summed E-state index contributed by atoms with van der Waals surface area (Å²) in [4.78, 5) is 4.99. The fourth-order valence-electron chi connectivity index (χ4n) is 3.38. The van der Waals surface area contributed by atoms with E-state index in [2.05, 4.69) is 9.80 Å². The summed E-state index contributed by atoms with van der Waals surface area (Å²) in [7, 11) is 0. The lowest BCUT2D eigenvalue weighted by atomic mass is 10.1. The molecule has 2 aliphatic rings. The van der Waals surface area contributed by atoms with E-state index < -0.39 is 0 Å². The van der Waals surface area contributed by atoms with Gasteiger partial charge in [0.25, 0.3) is 0 Å². The van der Waals surface area contributed by atoms with Crippen molar-refractivity contribution in [1.82, 2.24) is 9.80 Å². The maximum Gasteiger partial charge on any atom is 0.123 e. The SMILES string of the molecule is NCc1cc(F)ccc1CN1CCC(N2CCOCC2)C1. The molecule has 0 aliphatic carbocycles. The van der Waals surface area contributed by atoms with E-state index in [-0.39, 0.29) is 5.82 Å². The zero-order valence-corrected chi connectivity index (χ0v) is 12.4. The molecule has 2 saturated heterocycles. The third-order valence-corrected chi connectivity index (χ3v) is 4.59. The summed E-state index contributed by atoms with van der Waals surface area (Å²) in [5.41, 5.74) is 7.81. The topological polar surface area (TPSA) is 41.7 Å². The van der Waals surface area contributed by atoms with Crippen molar-refractivity contribution in [1.29, 1.82) is 0 Å². The summed E-state index contributed by atoms with van der Waals surface area (Å²) in [6.45, 7) is 7.25. The van der Waals surface area contributed by atoms with Crippen molar-refractivity contribution in [3.05, 3.63) is 35.1 Å². The highest BCUT2D eigenvalue weighted by atomic mass is 19.1. The summed E-state index contributed by atoms with van der Waals surface area (Å²) in [5.74, 6) is -0.202. The molecule has 4 nitrogen and oxygen atoms in total. The lowest BCUT2D eigenvalue weighted by Crippen LogP contribution is -2.44. The van der Waals surface area contributed by atoms with Crippen LogP contribution in [0, 0.1) is 5.82 Å². The molecular weight excluding hydrogens is 269 g/mol. The van der Waals surface area contributed by atoms with Crippen LogP contribution in [-0.4, -0.2) is 55.2 Å². The van der Waals surface area contributed by atoms with Gasteiger partial charge >= 0.3 is 0 Å². The monoisotopic (exact) mass is 293 g/mol. The van der Waals surface area contributed by atoms with Crippen LogP contribution in [-0.2, 0) is 17.8 Å². The average Bonchev–Trinajstić information content (AvgIpc) is 2.98. The molecule has 2 fully saturated rings. The van der Waals surface area contributed by atoms with Gasteiger partial charge in [0.15, 0.2) is 0 Å². The summed E-state index contributed by atoms with van der Waals surface area (Å²) in [5, 5.41) is 0. The molecule has 116 valence electrons. The summed E-state index contributed by atoms with van der Waals surface area (Å²) < 4.78 is 18.7. The highest BCUT2D eigenvalue weighted by Crippen LogP contribution is 2.21. The Balaban J connectivity index is 1.59. The number of rotatable bonds is 4. The molecule has 1 aromatic carbocycles. The number of nitrogens with two attached hydrogens (primary N) is 1. The van der Waals surface area contributed by atoms with Crippen molar-refractivity contribution in [3.8, 4) is 0 Å². The summed E-state index contributed by atoms with van der Waals surface area (Å²) in [6, 6.07) is 5.60. The Hall–Kier alpha value is -1.01. The molecule has 0 bridgehead atoms. The van der Waals surface area contributed by atoms with E-state index in [1.54, 1.807) is 6.07 Å². The van der Waals surface area contributed by atoms with Crippen LogP contribution in [0.3, 0.4) is 0 Å². The largest absolute Gasteiger partial charge is 0.379 e. The second-order valence-electron chi connectivity index (χ2n) is 5.94. The van der Waals surface area contributed by atoms with Crippen LogP contribution in [0.4, 0.5) is 4.39 Å². The normalized spacial score (nSPS) is 24.6. The van der Waals surface area contributed by atoms with Crippen LogP contribution in [0.2, 0.25) is 0 Å². The maximum absolute atomic E-state index is 13.3. The molecular formula is C16H24FN3O. The highest BCUT2D eigenvalue weighted by molar-refractivity contribution is 5.27. The Kier molecular flexibility index (Phi) is 4.85. The van der Waals surface area contributed by atoms with Crippen LogP contribution in [0.25, 0.3) is 0 Å². The minimum absolute atomic E-state index is 0.202. The van der Waals surface area contributed by atoms with Gasteiger partial charge in [0, 0.05) is 45.3 Å². The molecule has 1 unspecified atom stereocenters. The number of halogens is 1. The molecule has 0 radical (unpaired) electrons. The molecule has 1 atom stereocenters. The zero-order valence-electron chi connectivity index (χ0n) is 12.4. The van der Waals surface area contributed by atoms with Crippen LogP contribution in [0.5, 0.6) is 0 Å². The van der Waals surface area contributed by atoms with Crippen molar-refractivity contribution in [2.45, 2.75) is 25.6 Å². The van der Waals surface area contributed by atoms with Crippen molar-refractivity contribution in [2.75, 3.05) is 39.4 Å². The molecule has 5 heteroatoms. The first-order valence-corrected chi connectivity index (χ1v) is 7.78.